The Morgan fingerprint density at radius 2 is 1.50 bits per heavy atom. The largest absolute Gasteiger partial charge is 0.478 e. The SMILES string of the molecule is CC(CC(=O)Nc1cc(NC(=O)c2ccccc2)ccc1C(=O)O)c1ccc2ccccc2c1. The number of anilines is 2. The predicted octanol–water partition coefficient (Wildman–Crippen LogP) is 5.92. The highest BCUT2D eigenvalue weighted by Crippen LogP contribution is 2.26. The van der Waals surface area contributed by atoms with Crippen molar-refractivity contribution in [3.05, 3.63) is 108 Å². The second-order valence-corrected chi connectivity index (χ2v) is 8.15. The van der Waals surface area contributed by atoms with Gasteiger partial charge in [0.25, 0.3) is 5.91 Å². The van der Waals surface area contributed by atoms with Gasteiger partial charge in [-0.1, -0.05) is 67.6 Å². The Hall–Kier alpha value is -4.45. The summed E-state index contributed by atoms with van der Waals surface area (Å²) >= 11 is 0. The van der Waals surface area contributed by atoms with Crippen LogP contribution in [0.25, 0.3) is 10.8 Å². The Labute approximate surface area is 197 Å². The summed E-state index contributed by atoms with van der Waals surface area (Å²) in [4.78, 5) is 36.9. The van der Waals surface area contributed by atoms with E-state index >= 15 is 0 Å². The highest BCUT2D eigenvalue weighted by molar-refractivity contribution is 6.06. The third-order valence-electron chi connectivity index (χ3n) is 5.65. The fourth-order valence-corrected chi connectivity index (χ4v) is 3.82. The topological polar surface area (TPSA) is 95.5 Å². The van der Waals surface area contributed by atoms with Crippen LogP contribution in [-0.4, -0.2) is 22.9 Å². The van der Waals surface area contributed by atoms with E-state index in [9.17, 15) is 19.5 Å². The van der Waals surface area contributed by atoms with E-state index in [0.29, 0.717) is 11.3 Å². The Kier molecular flexibility index (Phi) is 6.69. The summed E-state index contributed by atoms with van der Waals surface area (Å²) in [5.41, 5.74) is 1.96. The molecule has 2 amide bonds. The number of benzene rings is 4. The van der Waals surface area contributed by atoms with Crippen molar-refractivity contribution >= 4 is 39.9 Å². The van der Waals surface area contributed by atoms with Gasteiger partial charge in [-0.3, -0.25) is 9.59 Å². The molecule has 4 aromatic carbocycles. The lowest BCUT2D eigenvalue weighted by atomic mass is 9.95. The maximum Gasteiger partial charge on any atom is 0.337 e. The summed E-state index contributed by atoms with van der Waals surface area (Å²) in [6.07, 6.45) is 0.179. The second-order valence-electron chi connectivity index (χ2n) is 8.15. The monoisotopic (exact) mass is 452 g/mol. The number of nitrogens with one attached hydrogen (secondary N) is 2. The molecule has 0 bridgehead atoms. The molecular weight excluding hydrogens is 428 g/mol. The van der Waals surface area contributed by atoms with Gasteiger partial charge in [-0.2, -0.15) is 0 Å². The fourth-order valence-electron chi connectivity index (χ4n) is 3.82. The molecule has 4 aromatic rings. The lowest BCUT2D eigenvalue weighted by molar-refractivity contribution is -0.116. The molecule has 1 atom stereocenters. The van der Waals surface area contributed by atoms with Gasteiger partial charge in [-0.05, 0) is 52.6 Å². The van der Waals surface area contributed by atoms with Crippen LogP contribution in [-0.2, 0) is 4.79 Å². The normalized spacial score (nSPS) is 11.6. The van der Waals surface area contributed by atoms with Gasteiger partial charge in [-0.25, -0.2) is 4.79 Å². The van der Waals surface area contributed by atoms with Gasteiger partial charge in [0.2, 0.25) is 5.91 Å². The molecule has 0 fully saturated rings. The molecule has 6 heteroatoms. The number of rotatable bonds is 7. The maximum atomic E-state index is 12.8. The van der Waals surface area contributed by atoms with Crippen molar-refractivity contribution in [3.8, 4) is 0 Å². The minimum absolute atomic E-state index is 0.0515. The molecule has 0 heterocycles. The lowest BCUT2D eigenvalue weighted by Gasteiger charge is -2.15. The molecule has 6 nitrogen and oxygen atoms in total. The first-order chi connectivity index (χ1) is 16.4. The molecule has 4 rings (SSSR count). The molecular formula is C28H24N2O4. The number of carbonyl (C=O) groups is 3. The number of amides is 2. The van der Waals surface area contributed by atoms with Crippen molar-refractivity contribution < 1.29 is 19.5 Å². The van der Waals surface area contributed by atoms with Crippen molar-refractivity contribution in [2.24, 2.45) is 0 Å². The molecule has 0 radical (unpaired) electrons. The number of aromatic carboxylic acids is 1. The number of carbonyl (C=O) groups excluding carboxylic acids is 2. The number of carboxylic acid groups (broad SMARTS) is 1. The molecule has 0 aliphatic carbocycles. The number of fused-ring (bicyclic) bond motifs is 1. The molecule has 0 spiro atoms. The molecule has 0 aliphatic rings. The molecule has 34 heavy (non-hydrogen) atoms. The van der Waals surface area contributed by atoms with Crippen LogP contribution in [0.5, 0.6) is 0 Å². The van der Waals surface area contributed by atoms with E-state index in [2.05, 4.69) is 16.7 Å². The van der Waals surface area contributed by atoms with E-state index < -0.39 is 5.97 Å². The number of hydrogen-bond acceptors (Lipinski definition) is 3. The molecule has 0 saturated heterocycles. The summed E-state index contributed by atoms with van der Waals surface area (Å²) in [6, 6.07) is 27.1. The zero-order valence-electron chi connectivity index (χ0n) is 18.6. The Morgan fingerprint density at radius 1 is 0.794 bits per heavy atom. The first-order valence-electron chi connectivity index (χ1n) is 10.9. The first kappa shape index (κ1) is 22.7. The molecule has 3 N–H and O–H groups in total. The van der Waals surface area contributed by atoms with Crippen LogP contribution in [0.3, 0.4) is 0 Å². The summed E-state index contributed by atoms with van der Waals surface area (Å²) in [6.45, 7) is 1.96. The minimum Gasteiger partial charge on any atom is -0.478 e. The highest BCUT2D eigenvalue weighted by Gasteiger charge is 2.17. The van der Waals surface area contributed by atoms with E-state index in [1.807, 2.05) is 49.4 Å². The van der Waals surface area contributed by atoms with E-state index in [0.717, 1.165) is 16.3 Å². The summed E-state index contributed by atoms with van der Waals surface area (Å²) in [5.74, 6) is -1.88. The van der Waals surface area contributed by atoms with Gasteiger partial charge in [0.15, 0.2) is 0 Å². The molecule has 0 saturated carbocycles. The average molecular weight is 453 g/mol. The molecule has 0 aromatic heterocycles. The number of carboxylic acids is 1. The van der Waals surface area contributed by atoms with E-state index in [4.69, 9.17) is 0 Å². The Balaban J connectivity index is 1.49. The zero-order chi connectivity index (χ0) is 24.1. The van der Waals surface area contributed by atoms with Crippen LogP contribution in [0.4, 0.5) is 11.4 Å². The quantitative estimate of drug-likeness (QED) is 0.324. The fraction of sp³-hybridized carbons (Fsp3) is 0.107. The van der Waals surface area contributed by atoms with Gasteiger partial charge in [-0.15, -0.1) is 0 Å². The summed E-state index contributed by atoms with van der Waals surface area (Å²) < 4.78 is 0. The number of hydrogen-bond donors (Lipinski definition) is 3. The van der Waals surface area contributed by atoms with Crippen molar-refractivity contribution in [3.63, 3.8) is 0 Å². The third-order valence-corrected chi connectivity index (χ3v) is 5.65. The highest BCUT2D eigenvalue weighted by atomic mass is 16.4. The van der Waals surface area contributed by atoms with Gasteiger partial charge < -0.3 is 15.7 Å². The van der Waals surface area contributed by atoms with Crippen molar-refractivity contribution in [2.75, 3.05) is 10.6 Å². The van der Waals surface area contributed by atoms with Gasteiger partial charge in [0.05, 0.1) is 11.3 Å². The van der Waals surface area contributed by atoms with Gasteiger partial charge in [0, 0.05) is 17.7 Å². The van der Waals surface area contributed by atoms with Gasteiger partial charge in [0.1, 0.15) is 0 Å². The average Bonchev–Trinajstić information content (AvgIpc) is 2.84. The Morgan fingerprint density at radius 3 is 2.24 bits per heavy atom. The van der Waals surface area contributed by atoms with Crippen LogP contribution in [0.1, 0.15) is 45.5 Å². The van der Waals surface area contributed by atoms with Crippen molar-refractivity contribution in [2.45, 2.75) is 19.3 Å². The molecule has 1 unspecified atom stereocenters. The summed E-state index contributed by atoms with van der Waals surface area (Å²) in [5, 5.41) is 17.2. The van der Waals surface area contributed by atoms with Crippen LogP contribution in [0, 0.1) is 0 Å². The van der Waals surface area contributed by atoms with E-state index in [1.165, 1.54) is 18.2 Å². The Bertz CT molecular complexity index is 1370. The van der Waals surface area contributed by atoms with Crippen molar-refractivity contribution in [1.82, 2.24) is 0 Å². The minimum atomic E-state index is -1.17. The van der Waals surface area contributed by atoms with Crippen molar-refractivity contribution in [1.29, 1.82) is 0 Å². The van der Waals surface area contributed by atoms with Crippen LogP contribution in [0.15, 0.2) is 91.0 Å². The van der Waals surface area contributed by atoms with Crippen LogP contribution in [0.2, 0.25) is 0 Å². The van der Waals surface area contributed by atoms with Crippen LogP contribution < -0.4 is 10.6 Å². The third kappa shape index (κ3) is 5.30. The lowest BCUT2D eigenvalue weighted by Crippen LogP contribution is -2.18. The standard InChI is InChI=1S/C28H24N2O4/c1-18(21-12-11-19-7-5-6-10-22(19)16-21)15-26(31)30-25-17-23(13-14-24(25)28(33)34)29-27(32)20-8-3-2-4-9-20/h2-14,16-18H,15H2,1H3,(H,29,32)(H,30,31)(H,33,34). The van der Waals surface area contributed by atoms with E-state index in [-0.39, 0.29) is 35.4 Å². The van der Waals surface area contributed by atoms with E-state index in [1.54, 1.807) is 24.3 Å². The molecule has 0 aliphatic heterocycles. The maximum absolute atomic E-state index is 12.8. The first-order valence-corrected chi connectivity index (χ1v) is 10.9. The molecule has 170 valence electrons. The smallest absolute Gasteiger partial charge is 0.337 e. The van der Waals surface area contributed by atoms with Gasteiger partial charge >= 0.3 is 5.97 Å². The van der Waals surface area contributed by atoms with Crippen LogP contribution >= 0.6 is 0 Å². The summed E-state index contributed by atoms with van der Waals surface area (Å²) in [7, 11) is 0. The zero-order valence-corrected chi connectivity index (χ0v) is 18.6. The second kappa shape index (κ2) is 10.0. The predicted molar refractivity (Wildman–Crippen MR) is 133 cm³/mol.